The van der Waals surface area contributed by atoms with Gasteiger partial charge in [-0.25, -0.2) is 0 Å². The first-order valence-corrected chi connectivity index (χ1v) is 6.01. The number of carboxylic acid groups (broad SMARTS) is 1. The summed E-state index contributed by atoms with van der Waals surface area (Å²) in [4.78, 5) is 13.2. The molecule has 0 aliphatic carbocycles. The quantitative estimate of drug-likeness (QED) is 0.735. The predicted octanol–water partition coefficient (Wildman–Crippen LogP) is 2.22. The zero-order valence-corrected chi connectivity index (χ0v) is 10.1. The summed E-state index contributed by atoms with van der Waals surface area (Å²) in [6.07, 6.45) is 3.22. The molecule has 0 spiro atoms. The molecule has 1 saturated heterocycles. The maximum atomic E-state index is 11.1. The summed E-state index contributed by atoms with van der Waals surface area (Å²) in [6.45, 7) is 8.32. The number of hydrogen-bond donors (Lipinski definition) is 1. The lowest BCUT2D eigenvalue weighted by Crippen LogP contribution is -2.55. The monoisotopic (exact) mass is 213 g/mol. The lowest BCUT2D eigenvalue weighted by molar-refractivity contribution is -0.147. The van der Waals surface area contributed by atoms with E-state index in [0.29, 0.717) is 5.92 Å². The van der Waals surface area contributed by atoms with Gasteiger partial charge in [-0.1, -0.05) is 27.2 Å². The van der Waals surface area contributed by atoms with Gasteiger partial charge in [-0.3, -0.25) is 9.69 Å². The summed E-state index contributed by atoms with van der Waals surface area (Å²) < 4.78 is 0. The van der Waals surface area contributed by atoms with Gasteiger partial charge in [0.25, 0.3) is 0 Å². The molecule has 0 radical (unpaired) electrons. The van der Waals surface area contributed by atoms with Crippen LogP contribution in [-0.2, 0) is 4.79 Å². The number of likely N-dealkylation sites (tertiary alicyclic amines) is 1. The van der Waals surface area contributed by atoms with Gasteiger partial charge < -0.3 is 5.11 Å². The highest BCUT2D eigenvalue weighted by Gasteiger charge is 2.35. The van der Waals surface area contributed by atoms with E-state index in [9.17, 15) is 4.79 Å². The Bertz CT molecular complexity index is 210. The van der Waals surface area contributed by atoms with Gasteiger partial charge in [0.2, 0.25) is 0 Å². The molecule has 15 heavy (non-hydrogen) atoms. The molecule has 0 amide bonds. The molecule has 1 N–H and O–H groups in total. The predicted molar refractivity (Wildman–Crippen MR) is 60.8 cm³/mol. The molecule has 1 atom stereocenters. The standard InChI is InChI=1S/C12H23NO2/c1-4-5-10-7-13(8-10)11(12(14)15)6-9(2)3/h9-11H,4-8H2,1-3H3,(H,14,15). The van der Waals surface area contributed by atoms with Crippen LogP contribution in [0.25, 0.3) is 0 Å². The molecule has 88 valence electrons. The summed E-state index contributed by atoms with van der Waals surface area (Å²) in [5.41, 5.74) is 0. The highest BCUT2D eigenvalue weighted by atomic mass is 16.4. The van der Waals surface area contributed by atoms with Gasteiger partial charge in [0.05, 0.1) is 0 Å². The molecular weight excluding hydrogens is 190 g/mol. The highest BCUT2D eigenvalue weighted by Crippen LogP contribution is 2.25. The molecule has 0 aromatic rings. The second-order valence-corrected chi connectivity index (χ2v) is 5.09. The molecule has 0 aromatic carbocycles. The van der Waals surface area contributed by atoms with Crippen LogP contribution in [0, 0.1) is 11.8 Å². The largest absolute Gasteiger partial charge is 0.480 e. The van der Waals surface area contributed by atoms with Gasteiger partial charge in [0.1, 0.15) is 6.04 Å². The summed E-state index contributed by atoms with van der Waals surface area (Å²) in [5, 5.41) is 9.13. The van der Waals surface area contributed by atoms with Crippen LogP contribution in [0.15, 0.2) is 0 Å². The first-order chi connectivity index (χ1) is 7.04. The van der Waals surface area contributed by atoms with E-state index >= 15 is 0 Å². The first-order valence-electron chi connectivity index (χ1n) is 6.01. The molecule has 1 rings (SSSR count). The average Bonchev–Trinajstić information content (AvgIpc) is 2.06. The van der Waals surface area contributed by atoms with Crippen molar-refractivity contribution in [1.29, 1.82) is 0 Å². The fourth-order valence-electron chi connectivity index (χ4n) is 2.31. The Balaban J connectivity index is 2.36. The summed E-state index contributed by atoms with van der Waals surface area (Å²) >= 11 is 0. The van der Waals surface area contributed by atoms with E-state index in [1.165, 1.54) is 12.8 Å². The minimum atomic E-state index is -0.654. The van der Waals surface area contributed by atoms with Gasteiger partial charge in [-0.15, -0.1) is 0 Å². The maximum Gasteiger partial charge on any atom is 0.320 e. The fourth-order valence-corrected chi connectivity index (χ4v) is 2.31. The maximum absolute atomic E-state index is 11.1. The number of rotatable bonds is 6. The topological polar surface area (TPSA) is 40.5 Å². The van der Waals surface area contributed by atoms with Gasteiger partial charge in [0.15, 0.2) is 0 Å². The van der Waals surface area contributed by atoms with E-state index < -0.39 is 5.97 Å². The SMILES string of the molecule is CCCC1CN(C(CC(C)C)C(=O)O)C1. The van der Waals surface area contributed by atoms with Crippen molar-refractivity contribution in [3.8, 4) is 0 Å². The number of carbonyl (C=O) groups is 1. The summed E-state index contributed by atoms with van der Waals surface area (Å²) in [7, 11) is 0. The zero-order valence-electron chi connectivity index (χ0n) is 10.1. The number of aliphatic carboxylic acids is 1. The van der Waals surface area contributed by atoms with Crippen molar-refractivity contribution in [1.82, 2.24) is 4.90 Å². The van der Waals surface area contributed by atoms with Crippen molar-refractivity contribution in [2.24, 2.45) is 11.8 Å². The Kier molecular flexibility index (Phi) is 4.58. The van der Waals surface area contributed by atoms with E-state index in [1.807, 2.05) is 0 Å². The van der Waals surface area contributed by atoms with Crippen LogP contribution in [0.3, 0.4) is 0 Å². The third kappa shape index (κ3) is 3.49. The lowest BCUT2D eigenvalue weighted by atomic mass is 9.91. The summed E-state index contributed by atoms with van der Waals surface area (Å²) in [5.74, 6) is 0.541. The fraction of sp³-hybridized carbons (Fsp3) is 0.917. The van der Waals surface area contributed by atoms with E-state index in [4.69, 9.17) is 5.11 Å². The van der Waals surface area contributed by atoms with Crippen LogP contribution in [0.4, 0.5) is 0 Å². The lowest BCUT2D eigenvalue weighted by Gasteiger charge is -2.43. The third-order valence-corrected chi connectivity index (χ3v) is 3.10. The molecule has 3 nitrogen and oxygen atoms in total. The first kappa shape index (κ1) is 12.5. The van der Waals surface area contributed by atoms with Gasteiger partial charge in [-0.2, -0.15) is 0 Å². The number of hydrogen-bond acceptors (Lipinski definition) is 2. The minimum absolute atomic E-state index is 0.252. The third-order valence-electron chi connectivity index (χ3n) is 3.10. The van der Waals surface area contributed by atoms with Crippen molar-refractivity contribution in [2.45, 2.75) is 46.1 Å². The highest BCUT2D eigenvalue weighted by molar-refractivity contribution is 5.73. The van der Waals surface area contributed by atoms with E-state index in [2.05, 4.69) is 25.7 Å². The van der Waals surface area contributed by atoms with Crippen molar-refractivity contribution in [3.63, 3.8) is 0 Å². The van der Waals surface area contributed by atoms with E-state index in [0.717, 1.165) is 25.4 Å². The van der Waals surface area contributed by atoms with Crippen LogP contribution in [0.1, 0.15) is 40.0 Å². The molecular formula is C12H23NO2. The smallest absolute Gasteiger partial charge is 0.320 e. The Morgan fingerprint density at radius 1 is 1.47 bits per heavy atom. The molecule has 1 fully saturated rings. The Labute approximate surface area is 92.5 Å². The average molecular weight is 213 g/mol. The van der Waals surface area contributed by atoms with Gasteiger partial charge in [0, 0.05) is 13.1 Å². The zero-order chi connectivity index (χ0) is 11.4. The Morgan fingerprint density at radius 3 is 2.47 bits per heavy atom. The Hall–Kier alpha value is -0.570. The van der Waals surface area contributed by atoms with E-state index in [-0.39, 0.29) is 6.04 Å². The molecule has 3 heteroatoms. The minimum Gasteiger partial charge on any atom is -0.480 e. The van der Waals surface area contributed by atoms with Crippen LogP contribution >= 0.6 is 0 Å². The van der Waals surface area contributed by atoms with Crippen LogP contribution in [0.2, 0.25) is 0 Å². The second-order valence-electron chi connectivity index (χ2n) is 5.09. The molecule has 1 heterocycles. The molecule has 0 aromatic heterocycles. The second kappa shape index (κ2) is 5.50. The van der Waals surface area contributed by atoms with Crippen LogP contribution < -0.4 is 0 Å². The van der Waals surface area contributed by atoms with Gasteiger partial charge >= 0.3 is 5.97 Å². The van der Waals surface area contributed by atoms with Crippen molar-refractivity contribution >= 4 is 5.97 Å². The molecule has 0 bridgehead atoms. The summed E-state index contributed by atoms with van der Waals surface area (Å²) in [6, 6.07) is -0.252. The van der Waals surface area contributed by atoms with Crippen molar-refractivity contribution in [2.75, 3.05) is 13.1 Å². The molecule has 1 unspecified atom stereocenters. The van der Waals surface area contributed by atoms with Crippen molar-refractivity contribution < 1.29 is 9.90 Å². The van der Waals surface area contributed by atoms with Crippen LogP contribution in [-0.4, -0.2) is 35.1 Å². The Morgan fingerprint density at radius 2 is 2.07 bits per heavy atom. The molecule has 0 saturated carbocycles. The van der Waals surface area contributed by atoms with Gasteiger partial charge in [-0.05, 0) is 24.7 Å². The normalized spacial score (nSPS) is 20.3. The van der Waals surface area contributed by atoms with E-state index in [1.54, 1.807) is 0 Å². The number of nitrogens with zero attached hydrogens (tertiary/aromatic N) is 1. The van der Waals surface area contributed by atoms with Crippen molar-refractivity contribution in [3.05, 3.63) is 0 Å². The number of carboxylic acids is 1. The molecule has 1 aliphatic heterocycles. The molecule has 1 aliphatic rings. The van der Waals surface area contributed by atoms with Crippen LogP contribution in [0.5, 0.6) is 0 Å².